The van der Waals surface area contributed by atoms with Crippen LogP contribution in [0.4, 0.5) is 13.2 Å². The van der Waals surface area contributed by atoms with Crippen LogP contribution >= 0.6 is 0 Å². The molecular formula is C9H13F3N2. The third-order valence-electron chi connectivity index (χ3n) is 2.91. The lowest BCUT2D eigenvalue weighted by molar-refractivity contribution is -0.118. The molecule has 0 radical (unpaired) electrons. The molecule has 0 unspecified atom stereocenters. The molecule has 3 fully saturated rings. The van der Waals surface area contributed by atoms with E-state index in [9.17, 15) is 13.2 Å². The highest BCUT2D eigenvalue weighted by atomic mass is 19.4. The summed E-state index contributed by atoms with van der Waals surface area (Å²) in [5.74, 6) is 0.322. The largest absolute Gasteiger partial charge is 0.407 e. The van der Waals surface area contributed by atoms with Gasteiger partial charge in [-0.3, -0.25) is 9.89 Å². The van der Waals surface area contributed by atoms with E-state index in [1.807, 2.05) is 0 Å². The Morgan fingerprint density at radius 1 is 1.29 bits per heavy atom. The second-order valence-electron chi connectivity index (χ2n) is 3.97. The minimum Gasteiger partial charge on any atom is -0.298 e. The molecule has 0 aliphatic carbocycles. The smallest absolute Gasteiger partial charge is 0.298 e. The number of hydrogen-bond donors (Lipinski definition) is 0. The lowest BCUT2D eigenvalue weighted by atomic mass is 9.86. The van der Waals surface area contributed by atoms with Gasteiger partial charge in [0, 0.05) is 18.2 Å². The normalized spacial score (nSPS) is 35.2. The zero-order valence-corrected chi connectivity index (χ0v) is 7.85. The van der Waals surface area contributed by atoms with Gasteiger partial charge in [0.25, 0.3) is 0 Å². The molecule has 0 atom stereocenters. The summed E-state index contributed by atoms with van der Waals surface area (Å²) in [7, 11) is 0. The van der Waals surface area contributed by atoms with E-state index in [0.717, 1.165) is 31.6 Å². The zero-order chi connectivity index (χ0) is 10.2. The molecule has 3 rings (SSSR count). The average molecular weight is 206 g/mol. The molecule has 2 nitrogen and oxygen atoms in total. The Kier molecular flexibility index (Phi) is 2.51. The predicted molar refractivity (Wildman–Crippen MR) is 47.5 cm³/mol. The summed E-state index contributed by atoms with van der Waals surface area (Å²) in [5.41, 5.74) is 0.764. The van der Waals surface area contributed by atoms with E-state index >= 15 is 0 Å². The first-order valence-electron chi connectivity index (χ1n) is 4.87. The van der Waals surface area contributed by atoms with E-state index in [1.54, 1.807) is 0 Å². The second-order valence-corrected chi connectivity index (χ2v) is 3.97. The topological polar surface area (TPSA) is 15.6 Å². The highest BCUT2D eigenvalue weighted by Gasteiger charge is 2.32. The number of rotatable bonds is 1. The van der Waals surface area contributed by atoms with Crippen LogP contribution in [-0.2, 0) is 0 Å². The van der Waals surface area contributed by atoms with Crippen LogP contribution in [-0.4, -0.2) is 43.0 Å². The van der Waals surface area contributed by atoms with Gasteiger partial charge in [-0.2, -0.15) is 13.2 Å². The number of piperidine rings is 3. The molecule has 2 bridgehead atoms. The Hall–Kier alpha value is -0.580. The number of aliphatic imine (C=N–C) groups is 1. The van der Waals surface area contributed by atoms with Gasteiger partial charge < -0.3 is 0 Å². The van der Waals surface area contributed by atoms with Gasteiger partial charge in [0.05, 0.1) is 0 Å². The highest BCUT2D eigenvalue weighted by molar-refractivity contribution is 5.90. The number of halogens is 3. The first kappa shape index (κ1) is 9.96. The molecule has 0 saturated carbocycles. The molecule has 14 heavy (non-hydrogen) atoms. The third-order valence-corrected chi connectivity index (χ3v) is 2.91. The molecule has 3 aliphatic heterocycles. The van der Waals surface area contributed by atoms with Crippen molar-refractivity contribution in [3.05, 3.63) is 0 Å². The molecule has 0 aromatic rings. The Labute approximate surface area is 80.8 Å². The van der Waals surface area contributed by atoms with E-state index in [0.29, 0.717) is 12.5 Å². The number of nitrogens with zero attached hydrogens (tertiary/aromatic N) is 2. The molecular weight excluding hydrogens is 193 g/mol. The molecule has 5 heteroatoms. The summed E-state index contributed by atoms with van der Waals surface area (Å²) in [6.07, 6.45) is -2.19. The zero-order valence-electron chi connectivity index (χ0n) is 7.85. The first-order chi connectivity index (χ1) is 6.54. The summed E-state index contributed by atoms with van der Waals surface area (Å²) in [5, 5.41) is 0. The van der Waals surface area contributed by atoms with Crippen LogP contribution in [0.5, 0.6) is 0 Å². The molecule has 0 N–H and O–H groups in total. The van der Waals surface area contributed by atoms with Crippen LogP contribution < -0.4 is 0 Å². The Morgan fingerprint density at radius 3 is 2.36 bits per heavy atom. The SMILES string of the molecule is FC(F)(F)C/N=C1/CN2CCC1CC2. The number of hydrogen-bond acceptors (Lipinski definition) is 2. The summed E-state index contributed by atoms with van der Waals surface area (Å²) >= 11 is 0. The van der Waals surface area contributed by atoms with Crippen molar-refractivity contribution in [3.8, 4) is 0 Å². The van der Waals surface area contributed by atoms with Gasteiger partial charge in [-0.25, -0.2) is 0 Å². The average Bonchev–Trinajstić information content (AvgIpc) is 2.16. The van der Waals surface area contributed by atoms with Gasteiger partial charge >= 0.3 is 6.18 Å². The van der Waals surface area contributed by atoms with Crippen LogP contribution in [0.25, 0.3) is 0 Å². The lowest BCUT2D eigenvalue weighted by Gasteiger charge is -2.40. The van der Waals surface area contributed by atoms with E-state index in [2.05, 4.69) is 9.89 Å². The first-order valence-corrected chi connectivity index (χ1v) is 4.87. The predicted octanol–water partition coefficient (Wildman–Crippen LogP) is 1.72. The van der Waals surface area contributed by atoms with Gasteiger partial charge in [-0.05, 0) is 25.9 Å². The van der Waals surface area contributed by atoms with Crippen molar-refractivity contribution in [3.63, 3.8) is 0 Å². The Morgan fingerprint density at radius 2 is 1.93 bits per heavy atom. The van der Waals surface area contributed by atoms with Gasteiger partial charge in [-0.1, -0.05) is 0 Å². The third kappa shape index (κ3) is 2.26. The minimum atomic E-state index is -4.15. The van der Waals surface area contributed by atoms with E-state index < -0.39 is 12.7 Å². The van der Waals surface area contributed by atoms with Gasteiger partial charge in [0.2, 0.25) is 0 Å². The number of fused-ring (bicyclic) bond motifs is 3. The van der Waals surface area contributed by atoms with E-state index in [1.165, 1.54) is 0 Å². The summed E-state index contributed by atoms with van der Waals surface area (Å²) < 4.78 is 35.8. The highest BCUT2D eigenvalue weighted by Crippen LogP contribution is 2.26. The summed E-state index contributed by atoms with van der Waals surface area (Å²) in [6, 6.07) is 0. The number of alkyl halides is 3. The quantitative estimate of drug-likeness (QED) is 0.637. The summed E-state index contributed by atoms with van der Waals surface area (Å²) in [6.45, 7) is 1.69. The molecule has 0 spiro atoms. The minimum absolute atomic E-state index is 0.322. The van der Waals surface area contributed by atoms with Crippen molar-refractivity contribution < 1.29 is 13.2 Å². The Bertz CT molecular complexity index is 239. The molecule has 0 amide bonds. The standard InChI is InChI=1S/C9H13F3N2/c10-9(11,12)6-13-8-5-14-3-1-7(8)2-4-14/h7H,1-6H2/b13-8-. The second kappa shape index (κ2) is 3.53. The van der Waals surface area contributed by atoms with Crippen LogP contribution in [0.1, 0.15) is 12.8 Å². The van der Waals surface area contributed by atoms with E-state index in [4.69, 9.17) is 0 Å². The molecule has 0 aromatic carbocycles. The maximum absolute atomic E-state index is 11.9. The molecule has 80 valence electrons. The monoisotopic (exact) mass is 206 g/mol. The van der Waals surface area contributed by atoms with Crippen molar-refractivity contribution >= 4 is 5.71 Å². The summed E-state index contributed by atoms with van der Waals surface area (Å²) in [4.78, 5) is 5.86. The van der Waals surface area contributed by atoms with Crippen LogP contribution in [0.15, 0.2) is 4.99 Å². The molecule has 3 heterocycles. The Balaban J connectivity index is 1.98. The molecule has 0 aromatic heterocycles. The van der Waals surface area contributed by atoms with Crippen LogP contribution in [0.2, 0.25) is 0 Å². The van der Waals surface area contributed by atoms with Crippen LogP contribution in [0, 0.1) is 5.92 Å². The molecule has 3 aliphatic rings. The van der Waals surface area contributed by atoms with Crippen molar-refractivity contribution in [2.45, 2.75) is 19.0 Å². The van der Waals surface area contributed by atoms with Crippen molar-refractivity contribution in [1.82, 2.24) is 4.90 Å². The lowest BCUT2D eigenvalue weighted by Crippen LogP contribution is -2.48. The molecule has 3 saturated heterocycles. The van der Waals surface area contributed by atoms with Crippen molar-refractivity contribution in [1.29, 1.82) is 0 Å². The van der Waals surface area contributed by atoms with E-state index in [-0.39, 0.29) is 0 Å². The maximum atomic E-state index is 11.9. The fraction of sp³-hybridized carbons (Fsp3) is 0.889. The van der Waals surface area contributed by atoms with Crippen molar-refractivity contribution in [2.24, 2.45) is 10.9 Å². The fourth-order valence-corrected chi connectivity index (χ4v) is 2.15. The van der Waals surface area contributed by atoms with Crippen molar-refractivity contribution in [2.75, 3.05) is 26.2 Å². The van der Waals surface area contributed by atoms with Gasteiger partial charge in [0.1, 0.15) is 6.54 Å². The maximum Gasteiger partial charge on any atom is 0.407 e. The van der Waals surface area contributed by atoms with Crippen LogP contribution in [0.3, 0.4) is 0 Å². The van der Waals surface area contributed by atoms with Gasteiger partial charge in [-0.15, -0.1) is 0 Å². The van der Waals surface area contributed by atoms with Gasteiger partial charge in [0.15, 0.2) is 0 Å². The fourth-order valence-electron chi connectivity index (χ4n) is 2.15.